The summed E-state index contributed by atoms with van der Waals surface area (Å²) in [5, 5.41) is 4.66. The topological polar surface area (TPSA) is 84.0 Å². The molecular formula is C23H21ClN4O2S. The molecule has 0 radical (unpaired) electrons. The maximum Gasteiger partial charge on any atom is 0.240 e. The Kier molecular flexibility index (Phi) is 6.46. The van der Waals surface area contributed by atoms with Gasteiger partial charge in [0.15, 0.2) is 0 Å². The van der Waals surface area contributed by atoms with E-state index in [1.807, 2.05) is 36.4 Å². The highest BCUT2D eigenvalue weighted by Gasteiger charge is 2.13. The van der Waals surface area contributed by atoms with Gasteiger partial charge >= 0.3 is 0 Å². The molecule has 0 unspecified atom stereocenters. The third-order valence-electron chi connectivity index (χ3n) is 4.67. The number of halogens is 1. The molecule has 4 rings (SSSR count). The van der Waals surface area contributed by atoms with Crippen molar-refractivity contribution in [2.45, 2.75) is 11.3 Å². The molecule has 8 heteroatoms. The molecule has 0 amide bonds. The lowest BCUT2D eigenvalue weighted by atomic mass is 10.1. The van der Waals surface area contributed by atoms with Crippen LogP contribution in [0.1, 0.15) is 11.4 Å². The predicted octanol–water partition coefficient (Wildman–Crippen LogP) is 4.26. The first-order valence-corrected chi connectivity index (χ1v) is 11.7. The van der Waals surface area contributed by atoms with Crippen LogP contribution in [0.5, 0.6) is 0 Å². The Morgan fingerprint density at radius 1 is 0.839 bits per heavy atom. The van der Waals surface area contributed by atoms with Crippen molar-refractivity contribution in [1.29, 1.82) is 0 Å². The minimum atomic E-state index is -3.55. The first-order valence-electron chi connectivity index (χ1n) is 9.80. The van der Waals surface area contributed by atoms with Gasteiger partial charge in [0.2, 0.25) is 10.0 Å². The molecule has 0 atom stereocenters. The number of anilines is 1. The normalized spacial score (nSPS) is 11.5. The Bertz CT molecular complexity index is 1280. The average Bonchev–Trinajstić information content (AvgIpc) is 2.77. The molecule has 3 aromatic carbocycles. The number of sulfonamides is 1. The number of hydrogen-bond donors (Lipinski definition) is 2. The molecule has 0 aliphatic carbocycles. The first kappa shape index (κ1) is 21.2. The lowest BCUT2D eigenvalue weighted by molar-refractivity contribution is 0.583. The fourth-order valence-electron chi connectivity index (χ4n) is 3.19. The molecule has 4 aromatic rings. The zero-order valence-electron chi connectivity index (χ0n) is 16.6. The van der Waals surface area contributed by atoms with Crippen LogP contribution in [0.3, 0.4) is 0 Å². The maximum absolute atomic E-state index is 12.4. The summed E-state index contributed by atoms with van der Waals surface area (Å²) in [7, 11) is -3.55. The van der Waals surface area contributed by atoms with Crippen molar-refractivity contribution < 1.29 is 8.42 Å². The number of aromatic nitrogens is 2. The highest BCUT2D eigenvalue weighted by atomic mass is 35.5. The molecule has 0 fully saturated rings. The van der Waals surface area contributed by atoms with E-state index in [1.165, 1.54) is 0 Å². The van der Waals surface area contributed by atoms with Crippen molar-refractivity contribution in [3.8, 4) is 0 Å². The summed E-state index contributed by atoms with van der Waals surface area (Å²) in [5.74, 6) is 1.31. The third kappa shape index (κ3) is 5.38. The molecular weight excluding hydrogens is 432 g/mol. The van der Waals surface area contributed by atoms with Gasteiger partial charge in [-0.05, 0) is 35.9 Å². The van der Waals surface area contributed by atoms with E-state index in [2.05, 4.69) is 20.0 Å². The molecule has 1 heterocycles. The summed E-state index contributed by atoms with van der Waals surface area (Å²) in [6.45, 7) is 0.579. The zero-order valence-corrected chi connectivity index (χ0v) is 18.2. The lowest BCUT2D eigenvalue weighted by Gasteiger charge is -2.12. The minimum Gasteiger partial charge on any atom is -0.368 e. The Hall–Kier alpha value is -3.00. The largest absolute Gasteiger partial charge is 0.368 e. The molecule has 0 saturated heterocycles. The monoisotopic (exact) mass is 452 g/mol. The summed E-state index contributed by atoms with van der Waals surface area (Å²) >= 11 is 6.16. The second-order valence-corrected chi connectivity index (χ2v) is 9.15. The highest BCUT2D eigenvalue weighted by Crippen LogP contribution is 2.24. The van der Waals surface area contributed by atoms with Crippen LogP contribution >= 0.6 is 11.6 Å². The Morgan fingerprint density at radius 3 is 2.29 bits per heavy atom. The zero-order chi connectivity index (χ0) is 21.7. The molecule has 0 bridgehead atoms. The first-order chi connectivity index (χ1) is 15.0. The molecule has 0 aliphatic heterocycles. The van der Waals surface area contributed by atoms with Gasteiger partial charge in [-0.25, -0.2) is 23.1 Å². The van der Waals surface area contributed by atoms with E-state index >= 15 is 0 Å². The molecule has 2 N–H and O–H groups in total. The van der Waals surface area contributed by atoms with Crippen LogP contribution in [-0.4, -0.2) is 31.5 Å². The third-order valence-corrected chi connectivity index (χ3v) is 6.39. The van der Waals surface area contributed by atoms with Gasteiger partial charge in [-0.1, -0.05) is 60.1 Å². The van der Waals surface area contributed by atoms with Crippen LogP contribution in [0.4, 0.5) is 5.82 Å². The summed E-state index contributed by atoms with van der Waals surface area (Å²) in [6.07, 6.45) is 0.582. The number of nitrogens with zero attached hydrogens (tertiary/aromatic N) is 2. The number of hydrogen-bond acceptors (Lipinski definition) is 5. The molecule has 0 aliphatic rings. The van der Waals surface area contributed by atoms with Crippen molar-refractivity contribution in [1.82, 2.24) is 14.7 Å². The van der Waals surface area contributed by atoms with E-state index in [9.17, 15) is 8.42 Å². The van der Waals surface area contributed by atoms with E-state index < -0.39 is 10.0 Å². The summed E-state index contributed by atoms with van der Waals surface area (Å²) in [4.78, 5) is 9.57. The lowest BCUT2D eigenvalue weighted by Crippen LogP contribution is -2.29. The van der Waals surface area contributed by atoms with Gasteiger partial charge in [-0.3, -0.25) is 0 Å². The number of nitrogens with one attached hydrogen (secondary N) is 2. The quantitative estimate of drug-likeness (QED) is 0.390. The van der Waals surface area contributed by atoms with Crippen molar-refractivity contribution in [3.05, 3.63) is 95.3 Å². The van der Waals surface area contributed by atoms with Crippen molar-refractivity contribution in [3.63, 3.8) is 0 Å². The van der Waals surface area contributed by atoms with E-state index in [-0.39, 0.29) is 11.4 Å². The molecule has 0 saturated carbocycles. The van der Waals surface area contributed by atoms with E-state index in [0.29, 0.717) is 29.6 Å². The van der Waals surface area contributed by atoms with Crippen LogP contribution < -0.4 is 10.0 Å². The van der Waals surface area contributed by atoms with Gasteiger partial charge in [-0.15, -0.1) is 0 Å². The van der Waals surface area contributed by atoms with E-state index in [1.54, 1.807) is 42.5 Å². The van der Waals surface area contributed by atoms with Crippen LogP contribution in [0, 0.1) is 0 Å². The minimum absolute atomic E-state index is 0.213. The van der Waals surface area contributed by atoms with Gasteiger partial charge in [-0.2, -0.15) is 0 Å². The van der Waals surface area contributed by atoms with Gasteiger partial charge in [0.1, 0.15) is 11.6 Å². The van der Waals surface area contributed by atoms with Gasteiger partial charge in [0.05, 0.1) is 10.4 Å². The van der Waals surface area contributed by atoms with Crippen LogP contribution in [0.2, 0.25) is 5.02 Å². The Balaban J connectivity index is 1.51. The average molecular weight is 453 g/mol. The van der Waals surface area contributed by atoms with E-state index in [0.717, 1.165) is 16.5 Å². The van der Waals surface area contributed by atoms with Gasteiger partial charge < -0.3 is 5.32 Å². The van der Waals surface area contributed by atoms with Gasteiger partial charge in [0.25, 0.3) is 0 Å². The maximum atomic E-state index is 12.4. The van der Waals surface area contributed by atoms with Crippen LogP contribution in [0.25, 0.3) is 10.9 Å². The molecule has 31 heavy (non-hydrogen) atoms. The molecule has 158 valence electrons. The molecule has 1 aromatic heterocycles. The second-order valence-electron chi connectivity index (χ2n) is 6.95. The van der Waals surface area contributed by atoms with Crippen molar-refractivity contribution in [2.75, 3.05) is 18.4 Å². The summed E-state index contributed by atoms with van der Waals surface area (Å²) in [6, 6.07) is 23.7. The Morgan fingerprint density at radius 2 is 1.55 bits per heavy atom. The van der Waals surface area contributed by atoms with Crippen LogP contribution in [-0.2, 0) is 16.4 Å². The predicted molar refractivity (Wildman–Crippen MR) is 124 cm³/mol. The van der Waals surface area contributed by atoms with Crippen molar-refractivity contribution >= 4 is 38.3 Å². The summed E-state index contributed by atoms with van der Waals surface area (Å²) < 4.78 is 27.3. The number of benzene rings is 3. The van der Waals surface area contributed by atoms with E-state index in [4.69, 9.17) is 11.6 Å². The number of rotatable bonds is 8. The van der Waals surface area contributed by atoms with Crippen molar-refractivity contribution in [2.24, 2.45) is 0 Å². The second kappa shape index (κ2) is 9.43. The number of fused-ring (bicyclic) bond motifs is 1. The standard InChI is InChI=1S/C23H21ClN4O2S/c24-18-11-12-20-21(16-18)27-22(15-17-7-3-1-4-8-17)28-23(20)25-13-14-26-31(29,30)19-9-5-2-6-10-19/h1-12,16,26H,13-15H2,(H,25,27,28). The van der Waals surface area contributed by atoms with Crippen LogP contribution in [0.15, 0.2) is 83.8 Å². The fourth-order valence-corrected chi connectivity index (χ4v) is 4.41. The smallest absolute Gasteiger partial charge is 0.240 e. The molecule has 0 spiro atoms. The summed E-state index contributed by atoms with van der Waals surface area (Å²) in [5.41, 5.74) is 1.84. The Labute approximate surface area is 186 Å². The SMILES string of the molecule is O=S(=O)(NCCNc1nc(Cc2ccccc2)nc2cc(Cl)ccc12)c1ccccc1. The van der Waals surface area contributed by atoms with Gasteiger partial charge in [0, 0.05) is 29.9 Å². The molecule has 6 nitrogen and oxygen atoms in total. The fraction of sp³-hybridized carbons (Fsp3) is 0.130. The highest BCUT2D eigenvalue weighted by molar-refractivity contribution is 7.89.